The van der Waals surface area contributed by atoms with E-state index in [0.29, 0.717) is 69.8 Å². The zero-order chi connectivity index (χ0) is 27.1. The lowest BCUT2D eigenvalue weighted by molar-refractivity contribution is -0.126. The Bertz CT molecular complexity index is 1460. The molecule has 194 valence electrons. The van der Waals surface area contributed by atoms with E-state index in [4.69, 9.17) is 4.74 Å². The fourth-order valence-electron chi connectivity index (χ4n) is 5.46. The number of hydrogen-bond donors (Lipinski definition) is 0. The van der Waals surface area contributed by atoms with Gasteiger partial charge in [-0.3, -0.25) is 14.4 Å². The minimum Gasteiger partial charge on any atom is -0.458 e. The number of nitrogens with zero attached hydrogens (tertiary/aromatic N) is 2. The van der Waals surface area contributed by atoms with Crippen LogP contribution in [0.5, 0.6) is 0 Å². The highest BCUT2D eigenvalue weighted by Crippen LogP contribution is 2.41. The lowest BCUT2D eigenvalue weighted by atomic mass is 9.85. The van der Waals surface area contributed by atoms with E-state index >= 15 is 0 Å². The first-order chi connectivity index (χ1) is 18.2. The average molecular weight is 513 g/mol. The summed E-state index contributed by atoms with van der Waals surface area (Å²) in [5.41, 5.74) is 3.20. The summed E-state index contributed by atoms with van der Waals surface area (Å²) in [5, 5.41) is 0. The van der Waals surface area contributed by atoms with Crippen molar-refractivity contribution in [1.82, 2.24) is 9.80 Å². The molecule has 1 aromatic rings. The van der Waals surface area contributed by atoms with Gasteiger partial charge >= 0.3 is 0 Å². The Kier molecular flexibility index (Phi) is 6.61. The smallest absolute Gasteiger partial charge is 0.251 e. The highest BCUT2D eigenvalue weighted by atomic mass is 19.1. The molecule has 7 heteroatoms. The molecule has 0 radical (unpaired) electrons. The van der Waals surface area contributed by atoms with Gasteiger partial charge in [0.05, 0.1) is 11.4 Å². The summed E-state index contributed by atoms with van der Waals surface area (Å²) in [5.74, 6) is 0.0829. The van der Waals surface area contributed by atoms with E-state index in [1.54, 1.807) is 54.4 Å². The Morgan fingerprint density at radius 2 is 1.89 bits per heavy atom. The summed E-state index contributed by atoms with van der Waals surface area (Å²) < 4.78 is 20.2. The molecule has 1 saturated heterocycles. The number of allylic oxidation sites excluding steroid dienone is 7. The molecule has 1 fully saturated rings. The second-order valence-electron chi connectivity index (χ2n) is 10.1. The predicted octanol–water partition coefficient (Wildman–Crippen LogP) is 5.91. The molecule has 0 aromatic heterocycles. The first-order valence-electron chi connectivity index (χ1n) is 12.7. The summed E-state index contributed by atoms with van der Waals surface area (Å²) >= 11 is 0. The lowest BCUT2D eigenvalue weighted by Gasteiger charge is -2.37. The van der Waals surface area contributed by atoms with Crippen molar-refractivity contribution in [2.24, 2.45) is 5.92 Å². The van der Waals surface area contributed by atoms with Gasteiger partial charge in [0.25, 0.3) is 5.91 Å². The van der Waals surface area contributed by atoms with Gasteiger partial charge < -0.3 is 14.5 Å². The molecule has 1 unspecified atom stereocenters. The number of Topliss-reactive ketones (excluding diaryl/α,β-unsaturated/α-hetero) is 2. The van der Waals surface area contributed by atoms with Crippen LogP contribution in [0, 0.1) is 5.92 Å². The maximum Gasteiger partial charge on any atom is 0.251 e. The third-order valence-corrected chi connectivity index (χ3v) is 7.25. The van der Waals surface area contributed by atoms with Crippen molar-refractivity contribution in [3.63, 3.8) is 0 Å². The van der Waals surface area contributed by atoms with Crippen molar-refractivity contribution in [3.05, 3.63) is 118 Å². The molecule has 3 heterocycles. The molecule has 6 nitrogen and oxygen atoms in total. The van der Waals surface area contributed by atoms with Gasteiger partial charge in [-0.25, -0.2) is 4.39 Å². The van der Waals surface area contributed by atoms with Crippen molar-refractivity contribution in [2.45, 2.75) is 33.1 Å². The van der Waals surface area contributed by atoms with E-state index in [9.17, 15) is 18.8 Å². The van der Waals surface area contributed by atoms with Crippen molar-refractivity contribution in [2.75, 3.05) is 13.1 Å². The van der Waals surface area contributed by atoms with Gasteiger partial charge in [0.2, 0.25) is 0 Å². The molecule has 1 atom stereocenters. The molecule has 1 amide bonds. The van der Waals surface area contributed by atoms with E-state index in [1.165, 1.54) is 6.08 Å². The van der Waals surface area contributed by atoms with Crippen LogP contribution in [0.4, 0.5) is 4.39 Å². The zero-order valence-electron chi connectivity index (χ0n) is 21.6. The molecular formula is C31H29FN2O4. The first-order valence-corrected chi connectivity index (χ1v) is 12.7. The van der Waals surface area contributed by atoms with Crippen molar-refractivity contribution in [1.29, 1.82) is 0 Å². The Morgan fingerprint density at radius 3 is 2.55 bits per heavy atom. The molecule has 1 aliphatic carbocycles. The number of carbonyl (C=O) groups is 3. The molecule has 1 aromatic carbocycles. The van der Waals surface area contributed by atoms with Crippen LogP contribution in [-0.4, -0.2) is 40.4 Å². The number of likely N-dealkylation sites (tertiary alicyclic amines) is 1. The number of hydrogen-bond acceptors (Lipinski definition) is 5. The molecule has 4 aliphatic rings. The quantitative estimate of drug-likeness (QED) is 0.470. The maximum atomic E-state index is 14.0. The highest BCUT2D eigenvalue weighted by molar-refractivity contribution is 6.22. The van der Waals surface area contributed by atoms with E-state index in [0.717, 1.165) is 6.42 Å². The molecule has 0 saturated carbocycles. The summed E-state index contributed by atoms with van der Waals surface area (Å²) in [7, 11) is 0. The molecule has 0 N–H and O–H groups in total. The van der Waals surface area contributed by atoms with E-state index in [2.05, 4.69) is 20.1 Å². The Morgan fingerprint density at radius 1 is 1.16 bits per heavy atom. The largest absolute Gasteiger partial charge is 0.458 e. The van der Waals surface area contributed by atoms with Crippen molar-refractivity contribution < 1.29 is 23.5 Å². The second kappa shape index (κ2) is 9.89. The van der Waals surface area contributed by atoms with Gasteiger partial charge in [-0.1, -0.05) is 44.3 Å². The third-order valence-electron chi connectivity index (χ3n) is 7.25. The topological polar surface area (TPSA) is 66.9 Å². The van der Waals surface area contributed by atoms with Gasteiger partial charge in [-0.15, -0.1) is 0 Å². The summed E-state index contributed by atoms with van der Waals surface area (Å²) in [6.07, 6.45) is 7.29. The van der Waals surface area contributed by atoms with Gasteiger partial charge in [-0.05, 0) is 43.1 Å². The number of carbonyl (C=O) groups excluding carboxylic acids is 3. The third kappa shape index (κ3) is 4.49. The van der Waals surface area contributed by atoms with Crippen molar-refractivity contribution >= 4 is 17.5 Å². The van der Waals surface area contributed by atoms with Crippen LogP contribution in [0.3, 0.4) is 0 Å². The molecule has 0 spiro atoms. The van der Waals surface area contributed by atoms with Crippen LogP contribution in [0.25, 0.3) is 0 Å². The second-order valence-corrected chi connectivity index (χ2v) is 10.1. The normalized spacial score (nSPS) is 23.4. The number of halogens is 1. The number of ether oxygens (including phenoxy) is 1. The Hall–Kier alpha value is -4.26. The zero-order valence-corrected chi connectivity index (χ0v) is 21.6. The first kappa shape index (κ1) is 25.4. The number of benzene rings is 1. The van der Waals surface area contributed by atoms with Crippen LogP contribution >= 0.6 is 0 Å². The monoisotopic (exact) mass is 512 g/mol. The van der Waals surface area contributed by atoms with Gasteiger partial charge in [0.1, 0.15) is 11.6 Å². The van der Waals surface area contributed by atoms with E-state index in [1.807, 2.05) is 4.90 Å². The molecular weight excluding hydrogens is 483 g/mol. The summed E-state index contributed by atoms with van der Waals surface area (Å²) in [6, 6.07) is 6.75. The standard InChI is InChI=1S/C31H29FN2O4/c1-5-26-28(15-22-14-27(35)24-8-6-7-9-25(24)30(22)36)38-20(4)29-21(12-19(3)32)13-23(17-34(26)29)31(37)33-11-10-18(2)16-33/h5-9,12,15,17-18H,1,3,10-11,13-14,16H2,2,4H3/b21-12-,22-15+. The van der Waals surface area contributed by atoms with Gasteiger partial charge in [0.15, 0.2) is 17.3 Å². The fourth-order valence-corrected chi connectivity index (χ4v) is 5.46. The Labute approximate surface area is 221 Å². The van der Waals surface area contributed by atoms with Crippen LogP contribution in [0.15, 0.2) is 107 Å². The van der Waals surface area contributed by atoms with Crippen LogP contribution in [0.2, 0.25) is 0 Å². The number of amides is 1. The number of rotatable bonds is 4. The highest BCUT2D eigenvalue weighted by Gasteiger charge is 2.36. The van der Waals surface area contributed by atoms with E-state index in [-0.39, 0.29) is 30.3 Å². The maximum absolute atomic E-state index is 14.0. The Balaban J connectivity index is 1.59. The predicted molar refractivity (Wildman–Crippen MR) is 142 cm³/mol. The minimum absolute atomic E-state index is 0.0533. The number of ketones is 2. The average Bonchev–Trinajstić information content (AvgIpc) is 3.32. The van der Waals surface area contributed by atoms with Crippen LogP contribution in [0.1, 0.15) is 53.8 Å². The summed E-state index contributed by atoms with van der Waals surface area (Å²) in [6.45, 7) is 12.5. The molecule has 0 bridgehead atoms. The molecule has 3 aliphatic heterocycles. The number of fused-ring (bicyclic) bond motifs is 2. The van der Waals surface area contributed by atoms with Crippen molar-refractivity contribution in [3.8, 4) is 0 Å². The molecule has 5 rings (SSSR count). The fraction of sp³-hybridized carbons (Fsp3) is 0.258. The summed E-state index contributed by atoms with van der Waals surface area (Å²) in [4.78, 5) is 43.0. The lowest BCUT2D eigenvalue weighted by Crippen LogP contribution is -2.35. The van der Waals surface area contributed by atoms with E-state index < -0.39 is 5.83 Å². The minimum atomic E-state index is -0.634. The molecule has 38 heavy (non-hydrogen) atoms. The van der Waals surface area contributed by atoms with Crippen LogP contribution in [-0.2, 0) is 9.53 Å². The van der Waals surface area contributed by atoms with Crippen LogP contribution < -0.4 is 0 Å². The van der Waals surface area contributed by atoms with Gasteiger partial charge in [-0.2, -0.15) is 0 Å². The van der Waals surface area contributed by atoms with Gasteiger partial charge in [0, 0.05) is 54.4 Å². The SMILES string of the molecule is C=CC1=C(/C=C2\CC(=O)c3ccccc3C2=O)OC(C)=C2/C(=C\C(=C)F)CC(C(=O)N3CCC(C)C3)=CN12.